The number of carbonyl (C=O) groups excluding carboxylic acids is 6. The van der Waals surface area contributed by atoms with E-state index in [-0.39, 0.29) is 41.8 Å². The highest BCUT2D eigenvalue weighted by molar-refractivity contribution is 6.25. The van der Waals surface area contributed by atoms with Crippen LogP contribution in [0.3, 0.4) is 0 Å². The summed E-state index contributed by atoms with van der Waals surface area (Å²) in [6, 6.07) is 21.2. The van der Waals surface area contributed by atoms with E-state index in [1.807, 2.05) is 69.1 Å². The van der Waals surface area contributed by atoms with E-state index < -0.39 is 29.7 Å². The van der Waals surface area contributed by atoms with Gasteiger partial charge < -0.3 is 25.6 Å². The van der Waals surface area contributed by atoms with Gasteiger partial charge in [-0.05, 0) is 93.6 Å². The molecule has 2 atom stereocenters. The highest BCUT2D eigenvalue weighted by Gasteiger charge is 2.45. The molecule has 342 valence electrons. The molecule has 6 amide bonds. The number of piperazine rings is 1. The molecule has 4 aliphatic rings. The van der Waals surface area contributed by atoms with E-state index in [0.29, 0.717) is 92.4 Å². The number of likely N-dealkylation sites (tertiary alicyclic amines) is 1. The van der Waals surface area contributed by atoms with Gasteiger partial charge in [-0.25, -0.2) is 14.6 Å². The van der Waals surface area contributed by atoms with Crippen molar-refractivity contribution >= 4 is 58.0 Å². The van der Waals surface area contributed by atoms with Gasteiger partial charge in [0.1, 0.15) is 35.4 Å². The van der Waals surface area contributed by atoms with Gasteiger partial charge in [0.2, 0.25) is 23.6 Å². The SMILES string of the molecule is Nc1ncnc2c1c(-c1ccc(Oc3ccccc3)cc1)nn2C1CCCN(C(=O)CCCN2CCN(C(=O)CCCCNc3cccc4c3C(=O)N(C3CCC(=O)NC3=O)C4=O)CC2)C1. The molecule has 0 aliphatic carbocycles. The first-order valence-electron chi connectivity index (χ1n) is 22.8. The number of piperidine rings is 2. The number of hydrogen-bond acceptors (Lipinski definition) is 13. The maximum atomic E-state index is 13.6. The number of benzene rings is 3. The molecule has 5 aromatic rings. The van der Waals surface area contributed by atoms with Crippen LogP contribution in [0.2, 0.25) is 0 Å². The lowest BCUT2D eigenvalue weighted by Crippen LogP contribution is -2.54. The Morgan fingerprint density at radius 3 is 2.33 bits per heavy atom. The van der Waals surface area contributed by atoms with Crippen LogP contribution in [0.1, 0.15) is 84.5 Å². The van der Waals surface area contributed by atoms with Crippen molar-refractivity contribution in [3.8, 4) is 22.8 Å². The number of fused-ring (bicyclic) bond motifs is 2. The average molecular weight is 896 g/mol. The highest BCUT2D eigenvalue weighted by atomic mass is 16.5. The number of ether oxygens (including phenoxy) is 1. The molecule has 2 aromatic heterocycles. The molecule has 3 saturated heterocycles. The Labute approximate surface area is 381 Å². The summed E-state index contributed by atoms with van der Waals surface area (Å²) in [6.07, 6.45) is 6.17. The lowest BCUT2D eigenvalue weighted by molar-refractivity contribution is -0.136. The molecule has 0 saturated carbocycles. The molecule has 0 bridgehead atoms. The number of hydrogen-bond donors (Lipinski definition) is 3. The Morgan fingerprint density at radius 2 is 1.55 bits per heavy atom. The molecule has 3 aromatic carbocycles. The van der Waals surface area contributed by atoms with Crippen LogP contribution in [0.5, 0.6) is 11.5 Å². The molecule has 9 rings (SSSR count). The number of unbranched alkanes of at least 4 members (excludes halogenated alkanes) is 1. The molecule has 2 unspecified atom stereocenters. The maximum Gasteiger partial charge on any atom is 0.264 e. The summed E-state index contributed by atoms with van der Waals surface area (Å²) in [5.41, 5.74) is 9.54. The zero-order valence-corrected chi connectivity index (χ0v) is 36.7. The number of rotatable bonds is 15. The van der Waals surface area contributed by atoms with Gasteiger partial charge in [0.05, 0.1) is 22.6 Å². The standard InChI is InChI=1S/C48H53N11O7/c49-44-42-43(31-16-18-34(19-17-31)66-33-10-2-1-3-11-33)54-59(45(42)52-30-51-44)32-9-7-24-57(29-32)40(62)15-8-23-55-25-27-56(28-26-55)39(61)14-4-5-22-50-36-13-6-12-35-41(36)48(65)58(47(35)64)37-20-21-38(60)53-46(37)63/h1-3,6,10-13,16-19,30,32,37,50H,4-5,7-9,14-15,20-29H2,(H2,49,51,52)(H,53,60,63). The van der Waals surface area contributed by atoms with E-state index in [1.165, 1.54) is 6.33 Å². The number of nitrogens with zero attached hydrogens (tertiary/aromatic N) is 8. The molecule has 3 fully saturated rings. The molecule has 0 radical (unpaired) electrons. The quantitative estimate of drug-likeness (QED) is 0.0966. The van der Waals surface area contributed by atoms with E-state index in [9.17, 15) is 28.8 Å². The molecular formula is C48H53N11O7. The van der Waals surface area contributed by atoms with E-state index in [2.05, 4.69) is 25.5 Å². The molecule has 6 heterocycles. The highest BCUT2D eigenvalue weighted by Crippen LogP contribution is 2.36. The number of carbonyl (C=O) groups is 6. The number of imide groups is 2. The van der Waals surface area contributed by atoms with Crippen molar-refractivity contribution in [2.24, 2.45) is 0 Å². The summed E-state index contributed by atoms with van der Waals surface area (Å²) in [5.74, 6) is -0.162. The number of anilines is 2. The number of aromatic nitrogens is 4. The summed E-state index contributed by atoms with van der Waals surface area (Å²) >= 11 is 0. The fraction of sp³-hybridized carbons (Fsp3) is 0.396. The third kappa shape index (κ3) is 9.31. The van der Waals surface area contributed by atoms with Crippen LogP contribution in [0.25, 0.3) is 22.3 Å². The Bertz CT molecular complexity index is 2650. The third-order valence-corrected chi connectivity index (χ3v) is 12.9. The smallest absolute Gasteiger partial charge is 0.264 e. The van der Waals surface area contributed by atoms with Crippen molar-refractivity contribution < 1.29 is 33.5 Å². The van der Waals surface area contributed by atoms with Crippen molar-refractivity contribution in [2.75, 3.05) is 63.4 Å². The van der Waals surface area contributed by atoms with E-state index >= 15 is 0 Å². The van der Waals surface area contributed by atoms with Crippen LogP contribution in [0, 0.1) is 0 Å². The Balaban J connectivity index is 0.701. The number of nitrogens with two attached hydrogens (primary N) is 1. The van der Waals surface area contributed by atoms with Gasteiger partial charge in [0.25, 0.3) is 11.8 Å². The Hall–Kier alpha value is -7.21. The van der Waals surface area contributed by atoms with Gasteiger partial charge in [-0.15, -0.1) is 0 Å². The average Bonchev–Trinajstić information content (AvgIpc) is 3.85. The summed E-state index contributed by atoms with van der Waals surface area (Å²) < 4.78 is 7.91. The van der Waals surface area contributed by atoms with Crippen molar-refractivity contribution in [3.05, 3.63) is 90.3 Å². The summed E-state index contributed by atoms with van der Waals surface area (Å²) in [7, 11) is 0. The van der Waals surface area contributed by atoms with Crippen LogP contribution in [0.4, 0.5) is 11.5 Å². The fourth-order valence-electron chi connectivity index (χ4n) is 9.42. The van der Waals surface area contributed by atoms with E-state index in [0.717, 1.165) is 55.1 Å². The van der Waals surface area contributed by atoms with Crippen molar-refractivity contribution in [1.29, 1.82) is 0 Å². The van der Waals surface area contributed by atoms with Gasteiger partial charge in [0, 0.05) is 76.3 Å². The minimum Gasteiger partial charge on any atom is -0.457 e. The molecular weight excluding hydrogens is 843 g/mol. The van der Waals surface area contributed by atoms with Gasteiger partial charge in [0.15, 0.2) is 5.65 Å². The van der Waals surface area contributed by atoms with Crippen LogP contribution >= 0.6 is 0 Å². The monoisotopic (exact) mass is 895 g/mol. The van der Waals surface area contributed by atoms with Crippen molar-refractivity contribution in [2.45, 2.75) is 69.9 Å². The second-order valence-corrected chi connectivity index (χ2v) is 17.2. The number of nitrogens with one attached hydrogen (secondary N) is 2. The van der Waals surface area contributed by atoms with Crippen molar-refractivity contribution in [3.63, 3.8) is 0 Å². The van der Waals surface area contributed by atoms with Gasteiger partial charge >= 0.3 is 0 Å². The third-order valence-electron chi connectivity index (χ3n) is 12.9. The predicted molar refractivity (Wildman–Crippen MR) is 244 cm³/mol. The molecule has 4 aliphatic heterocycles. The van der Waals surface area contributed by atoms with Crippen LogP contribution in [0.15, 0.2) is 79.1 Å². The Kier molecular flexibility index (Phi) is 13.0. The minimum atomic E-state index is -1.03. The van der Waals surface area contributed by atoms with Gasteiger partial charge in [-0.2, -0.15) is 5.10 Å². The molecule has 18 nitrogen and oxygen atoms in total. The largest absolute Gasteiger partial charge is 0.457 e. The maximum absolute atomic E-state index is 13.6. The second kappa shape index (κ2) is 19.5. The first-order chi connectivity index (χ1) is 32.1. The van der Waals surface area contributed by atoms with Gasteiger partial charge in [-0.1, -0.05) is 24.3 Å². The second-order valence-electron chi connectivity index (χ2n) is 17.2. The zero-order chi connectivity index (χ0) is 45.7. The molecule has 18 heteroatoms. The first-order valence-corrected chi connectivity index (χ1v) is 22.8. The predicted octanol–water partition coefficient (Wildman–Crippen LogP) is 4.64. The summed E-state index contributed by atoms with van der Waals surface area (Å²) in [5, 5.41) is 11.2. The lowest BCUT2D eigenvalue weighted by atomic mass is 10.0. The first kappa shape index (κ1) is 44.0. The van der Waals surface area contributed by atoms with Crippen LogP contribution in [-0.2, 0) is 19.2 Å². The van der Waals surface area contributed by atoms with E-state index in [1.54, 1.807) is 18.2 Å². The molecule has 0 spiro atoms. The normalized spacial score (nSPS) is 19.0. The topological polar surface area (TPSA) is 218 Å². The van der Waals surface area contributed by atoms with E-state index in [4.69, 9.17) is 15.6 Å². The van der Waals surface area contributed by atoms with Crippen molar-refractivity contribution in [1.82, 2.24) is 44.7 Å². The molecule has 66 heavy (non-hydrogen) atoms. The number of para-hydroxylation sites is 1. The van der Waals surface area contributed by atoms with Crippen LogP contribution in [-0.4, -0.2) is 133 Å². The summed E-state index contributed by atoms with van der Waals surface area (Å²) in [4.78, 5) is 93.3. The zero-order valence-electron chi connectivity index (χ0n) is 36.7. The fourth-order valence-corrected chi connectivity index (χ4v) is 9.42. The minimum absolute atomic E-state index is 0.0559. The Morgan fingerprint density at radius 1 is 0.788 bits per heavy atom. The molecule has 4 N–H and O–H groups in total. The summed E-state index contributed by atoms with van der Waals surface area (Å²) in [6.45, 7) is 5.24. The number of nitrogen functional groups attached to an aromatic ring is 1. The number of amides is 6. The van der Waals surface area contributed by atoms with Gasteiger partial charge in [-0.3, -0.25) is 43.9 Å². The lowest BCUT2D eigenvalue weighted by Gasteiger charge is -2.35. The van der Waals surface area contributed by atoms with Crippen LogP contribution < -0.4 is 21.1 Å².